The number of aryl methyl sites for hydroxylation is 1. The first kappa shape index (κ1) is 22.7. The van der Waals surface area contributed by atoms with E-state index < -0.39 is 0 Å². The number of methoxy groups -OCH3 is 3. The molecule has 1 unspecified atom stereocenters. The van der Waals surface area contributed by atoms with Crippen LogP contribution in [-0.2, 0) is 11.3 Å². The summed E-state index contributed by atoms with van der Waals surface area (Å²) in [5, 5.41) is 3.94. The quantitative estimate of drug-likeness (QED) is 0.408. The topological polar surface area (TPSA) is 82.6 Å². The number of amides is 1. The second kappa shape index (κ2) is 9.97. The van der Waals surface area contributed by atoms with Crippen molar-refractivity contribution in [1.82, 2.24) is 15.3 Å². The lowest BCUT2D eigenvalue weighted by atomic mass is 9.98. The number of nitrogens with one attached hydrogen (secondary N) is 1. The van der Waals surface area contributed by atoms with Crippen LogP contribution in [0.4, 0.5) is 0 Å². The molecule has 1 amide bonds. The van der Waals surface area contributed by atoms with Crippen molar-refractivity contribution in [1.29, 1.82) is 0 Å². The van der Waals surface area contributed by atoms with Gasteiger partial charge in [-0.2, -0.15) is 4.98 Å². The number of benzene rings is 2. The molecule has 0 bridgehead atoms. The number of ether oxygens (including phenoxy) is 3. The molecule has 0 aliphatic rings. The molecule has 7 nitrogen and oxygen atoms in total. The van der Waals surface area contributed by atoms with E-state index in [1.54, 1.807) is 21.3 Å². The number of nitrogens with zero attached hydrogens (tertiary/aromatic N) is 2. The summed E-state index contributed by atoms with van der Waals surface area (Å²) in [5.74, 6) is 1.52. The van der Waals surface area contributed by atoms with Gasteiger partial charge in [0.05, 0.1) is 30.5 Å². The lowest BCUT2D eigenvalue weighted by Crippen LogP contribution is -2.29. The summed E-state index contributed by atoms with van der Waals surface area (Å²) < 4.78 is 15.9. The number of carbonyl (C=O) groups excluding carboxylic acids is 1. The SMILES string of the molecule is COCc1nc(OC)c2c(C)c(C(=O)NC(c3ccccc3)c3ccc(OC)cc3)sc2n1. The Morgan fingerprint density at radius 1 is 0.970 bits per heavy atom. The molecule has 0 radical (unpaired) electrons. The number of fused-ring (bicyclic) bond motifs is 1. The molecule has 0 aliphatic carbocycles. The first-order valence-electron chi connectivity index (χ1n) is 10.4. The van der Waals surface area contributed by atoms with Crippen LogP contribution in [0.3, 0.4) is 0 Å². The maximum absolute atomic E-state index is 13.5. The standard InChI is InChI=1S/C25H25N3O4S/c1-15-20-24(32-4)26-19(14-30-2)27-25(20)33-22(15)23(29)28-21(16-8-6-5-7-9-16)17-10-12-18(31-3)13-11-17/h5-13,21H,14H2,1-4H3,(H,28,29). The molecule has 4 aromatic rings. The maximum Gasteiger partial charge on any atom is 0.262 e. The van der Waals surface area contributed by atoms with Crippen molar-refractivity contribution in [2.24, 2.45) is 0 Å². The first-order valence-corrected chi connectivity index (χ1v) is 11.2. The van der Waals surface area contributed by atoms with Gasteiger partial charge in [-0.05, 0) is 35.7 Å². The number of hydrogen-bond donors (Lipinski definition) is 1. The van der Waals surface area contributed by atoms with Crippen LogP contribution in [0.1, 0.15) is 38.2 Å². The molecule has 8 heteroatoms. The average Bonchev–Trinajstić information content (AvgIpc) is 3.19. The molecule has 170 valence electrons. The van der Waals surface area contributed by atoms with Gasteiger partial charge < -0.3 is 19.5 Å². The molecule has 33 heavy (non-hydrogen) atoms. The second-order valence-electron chi connectivity index (χ2n) is 7.41. The van der Waals surface area contributed by atoms with E-state index in [9.17, 15) is 4.79 Å². The predicted octanol–water partition coefficient (Wildman–Crippen LogP) is 4.68. The highest BCUT2D eigenvalue weighted by Gasteiger charge is 2.24. The Hall–Kier alpha value is -3.49. The number of aromatic nitrogens is 2. The molecule has 0 saturated heterocycles. The Balaban J connectivity index is 1.72. The zero-order chi connectivity index (χ0) is 23.4. The van der Waals surface area contributed by atoms with Gasteiger partial charge in [0.2, 0.25) is 5.88 Å². The molecular weight excluding hydrogens is 438 g/mol. The number of rotatable bonds is 8. The van der Waals surface area contributed by atoms with Gasteiger partial charge in [-0.1, -0.05) is 42.5 Å². The van der Waals surface area contributed by atoms with Crippen LogP contribution in [0.15, 0.2) is 54.6 Å². The van der Waals surface area contributed by atoms with Gasteiger partial charge in [0.1, 0.15) is 17.2 Å². The maximum atomic E-state index is 13.5. The zero-order valence-electron chi connectivity index (χ0n) is 18.9. The summed E-state index contributed by atoms with van der Waals surface area (Å²) in [7, 11) is 4.77. The summed E-state index contributed by atoms with van der Waals surface area (Å²) in [5.41, 5.74) is 2.72. The average molecular weight is 464 g/mol. The van der Waals surface area contributed by atoms with E-state index in [2.05, 4.69) is 15.3 Å². The summed E-state index contributed by atoms with van der Waals surface area (Å²) >= 11 is 1.32. The van der Waals surface area contributed by atoms with Crippen LogP contribution < -0.4 is 14.8 Å². The Bertz CT molecular complexity index is 1260. The Morgan fingerprint density at radius 2 is 1.67 bits per heavy atom. The van der Waals surface area contributed by atoms with Crippen LogP contribution >= 0.6 is 11.3 Å². The Kier molecular flexibility index (Phi) is 6.86. The summed E-state index contributed by atoms with van der Waals surface area (Å²) in [6.45, 7) is 2.15. The minimum absolute atomic E-state index is 0.185. The first-order chi connectivity index (χ1) is 16.0. The lowest BCUT2D eigenvalue weighted by Gasteiger charge is -2.20. The van der Waals surface area contributed by atoms with Crippen LogP contribution in [-0.4, -0.2) is 37.2 Å². The van der Waals surface area contributed by atoms with E-state index in [-0.39, 0.29) is 18.6 Å². The van der Waals surface area contributed by atoms with Crippen LogP contribution in [0.25, 0.3) is 10.2 Å². The molecule has 1 atom stereocenters. The van der Waals surface area contributed by atoms with E-state index in [0.29, 0.717) is 21.4 Å². The van der Waals surface area contributed by atoms with Crippen LogP contribution in [0.2, 0.25) is 0 Å². The van der Waals surface area contributed by atoms with Gasteiger partial charge >= 0.3 is 0 Å². The molecule has 1 N–H and O–H groups in total. The highest BCUT2D eigenvalue weighted by Crippen LogP contribution is 2.35. The Labute approximate surface area is 196 Å². The summed E-state index contributed by atoms with van der Waals surface area (Å²) in [6.07, 6.45) is 0. The number of thiophene rings is 1. The minimum atomic E-state index is -0.328. The van der Waals surface area contributed by atoms with Gasteiger partial charge in [-0.25, -0.2) is 4.98 Å². The van der Waals surface area contributed by atoms with Crippen LogP contribution in [0, 0.1) is 6.92 Å². The molecule has 0 saturated carbocycles. The van der Waals surface area contributed by atoms with Gasteiger partial charge in [0.15, 0.2) is 5.82 Å². The number of hydrogen-bond acceptors (Lipinski definition) is 7. The van der Waals surface area contributed by atoms with Crippen molar-refractivity contribution in [3.8, 4) is 11.6 Å². The molecule has 2 aromatic heterocycles. The van der Waals surface area contributed by atoms with E-state index in [1.807, 2.05) is 61.5 Å². The van der Waals surface area contributed by atoms with Gasteiger partial charge in [-0.15, -0.1) is 11.3 Å². The van der Waals surface area contributed by atoms with Crippen LogP contribution in [0.5, 0.6) is 11.6 Å². The van der Waals surface area contributed by atoms with Crippen molar-refractivity contribution in [3.05, 3.63) is 82.0 Å². The second-order valence-corrected chi connectivity index (χ2v) is 8.41. The van der Waals surface area contributed by atoms with Crippen molar-refractivity contribution in [2.75, 3.05) is 21.3 Å². The lowest BCUT2D eigenvalue weighted by molar-refractivity contribution is 0.0946. The third-order valence-electron chi connectivity index (χ3n) is 5.33. The molecular formula is C25H25N3O4S. The van der Waals surface area contributed by atoms with E-state index in [0.717, 1.165) is 27.8 Å². The molecule has 2 aromatic carbocycles. The normalized spacial score (nSPS) is 11.9. The fourth-order valence-electron chi connectivity index (χ4n) is 3.70. The van der Waals surface area contributed by atoms with E-state index in [4.69, 9.17) is 14.2 Å². The fraction of sp³-hybridized carbons (Fsp3) is 0.240. The van der Waals surface area contributed by atoms with Crippen molar-refractivity contribution >= 4 is 27.5 Å². The molecule has 0 spiro atoms. The van der Waals surface area contributed by atoms with E-state index in [1.165, 1.54) is 11.3 Å². The zero-order valence-corrected chi connectivity index (χ0v) is 19.7. The molecule has 0 fully saturated rings. The smallest absolute Gasteiger partial charge is 0.262 e. The number of carbonyl (C=O) groups is 1. The Morgan fingerprint density at radius 3 is 2.30 bits per heavy atom. The van der Waals surface area contributed by atoms with Crippen molar-refractivity contribution in [3.63, 3.8) is 0 Å². The van der Waals surface area contributed by atoms with Crippen molar-refractivity contribution in [2.45, 2.75) is 19.6 Å². The minimum Gasteiger partial charge on any atom is -0.497 e. The third kappa shape index (κ3) is 4.67. The van der Waals surface area contributed by atoms with E-state index >= 15 is 0 Å². The van der Waals surface area contributed by atoms with Gasteiger partial charge in [-0.3, -0.25) is 4.79 Å². The monoisotopic (exact) mass is 463 g/mol. The highest BCUT2D eigenvalue weighted by molar-refractivity contribution is 7.20. The molecule has 0 aliphatic heterocycles. The summed E-state index contributed by atoms with van der Waals surface area (Å²) in [6, 6.07) is 17.2. The molecule has 2 heterocycles. The van der Waals surface area contributed by atoms with Gasteiger partial charge in [0, 0.05) is 7.11 Å². The largest absolute Gasteiger partial charge is 0.497 e. The van der Waals surface area contributed by atoms with Crippen molar-refractivity contribution < 1.29 is 19.0 Å². The fourth-order valence-corrected chi connectivity index (χ4v) is 4.79. The highest BCUT2D eigenvalue weighted by atomic mass is 32.1. The van der Waals surface area contributed by atoms with Gasteiger partial charge in [0.25, 0.3) is 5.91 Å². The predicted molar refractivity (Wildman–Crippen MR) is 128 cm³/mol. The summed E-state index contributed by atoms with van der Waals surface area (Å²) in [4.78, 5) is 23.7. The molecule has 4 rings (SSSR count). The third-order valence-corrected chi connectivity index (χ3v) is 6.52.